The van der Waals surface area contributed by atoms with Crippen LogP contribution in [0, 0.1) is 5.82 Å². The molecule has 8 heteroatoms. The Morgan fingerprint density at radius 1 is 1.29 bits per heavy atom. The molecule has 160 valence electrons. The highest BCUT2D eigenvalue weighted by Crippen LogP contribution is 2.37. The first-order chi connectivity index (χ1) is 12.5. The van der Waals surface area contributed by atoms with Gasteiger partial charge >= 0.3 is 5.97 Å². The van der Waals surface area contributed by atoms with Gasteiger partial charge in [0.15, 0.2) is 8.32 Å². The highest BCUT2D eigenvalue weighted by Gasteiger charge is 2.39. The zero-order chi connectivity index (χ0) is 21.9. The first-order valence-corrected chi connectivity index (χ1v) is 13.4. The Kier molecular flexibility index (Phi) is 8.30. The summed E-state index contributed by atoms with van der Waals surface area (Å²) in [4.78, 5) is 10.9. The minimum Gasteiger partial charge on any atom is -0.598 e. The lowest BCUT2D eigenvalue weighted by Crippen LogP contribution is -2.46. The van der Waals surface area contributed by atoms with Crippen LogP contribution in [-0.4, -0.2) is 35.3 Å². The summed E-state index contributed by atoms with van der Waals surface area (Å²) in [6, 6.07) is 3.77. The van der Waals surface area contributed by atoms with E-state index in [4.69, 9.17) is 9.53 Å². The van der Waals surface area contributed by atoms with Crippen LogP contribution in [0.5, 0.6) is 0 Å². The van der Waals surface area contributed by atoms with Crippen LogP contribution < -0.4 is 4.72 Å². The predicted octanol–water partition coefficient (Wildman–Crippen LogP) is 4.57. The molecule has 1 aromatic rings. The van der Waals surface area contributed by atoms with E-state index < -0.39 is 42.3 Å². The third-order valence-electron chi connectivity index (χ3n) is 5.02. The number of nitrogens with one attached hydrogen (secondary N) is 1. The summed E-state index contributed by atoms with van der Waals surface area (Å²) >= 11 is -1.42. The van der Waals surface area contributed by atoms with Crippen LogP contribution >= 0.6 is 0 Å². The summed E-state index contributed by atoms with van der Waals surface area (Å²) in [5.74, 6) is -1.54. The molecule has 0 fully saturated rings. The van der Waals surface area contributed by atoms with E-state index in [-0.39, 0.29) is 18.1 Å². The van der Waals surface area contributed by atoms with E-state index >= 15 is 0 Å². The summed E-state index contributed by atoms with van der Waals surface area (Å²) in [6.07, 6.45) is -0.246. The van der Waals surface area contributed by atoms with Gasteiger partial charge in [-0.1, -0.05) is 32.9 Å². The Labute approximate surface area is 172 Å². The molecule has 5 nitrogen and oxygen atoms in total. The van der Waals surface area contributed by atoms with Gasteiger partial charge in [0.25, 0.3) is 0 Å². The third kappa shape index (κ3) is 7.15. The number of aliphatic carboxylic acids is 1. The summed E-state index contributed by atoms with van der Waals surface area (Å²) in [5, 5.41) is 8.90. The van der Waals surface area contributed by atoms with Crippen molar-refractivity contribution in [1.82, 2.24) is 4.72 Å². The lowest BCUT2D eigenvalue weighted by atomic mass is 10.0. The number of carboxylic acid groups (broad SMARTS) is 1. The first kappa shape index (κ1) is 25.1. The third-order valence-corrected chi connectivity index (χ3v) is 11.1. The van der Waals surface area contributed by atoms with Gasteiger partial charge < -0.3 is 14.1 Å². The normalized spacial score (nSPS) is 15.4. The van der Waals surface area contributed by atoms with Gasteiger partial charge in [-0.3, -0.25) is 4.79 Å². The zero-order valence-electron chi connectivity index (χ0n) is 18.2. The first-order valence-electron chi connectivity index (χ1n) is 9.37. The van der Waals surface area contributed by atoms with Crippen molar-refractivity contribution in [3.8, 4) is 0 Å². The Bertz CT molecular complexity index is 686. The van der Waals surface area contributed by atoms with Crippen molar-refractivity contribution >= 4 is 25.6 Å². The van der Waals surface area contributed by atoms with Crippen molar-refractivity contribution in [3.05, 3.63) is 35.1 Å². The van der Waals surface area contributed by atoms with Crippen molar-refractivity contribution in [2.24, 2.45) is 0 Å². The fraction of sp³-hybridized carbons (Fsp3) is 0.650. The summed E-state index contributed by atoms with van der Waals surface area (Å²) in [6.45, 7) is 16.3. The van der Waals surface area contributed by atoms with E-state index in [0.717, 1.165) is 0 Å². The number of hydrogen-bond donors (Lipinski definition) is 2. The molecule has 2 atom stereocenters. The van der Waals surface area contributed by atoms with Gasteiger partial charge in [0, 0.05) is 16.9 Å². The Hall–Kier alpha value is -0.933. The second-order valence-electron chi connectivity index (χ2n) is 9.55. The van der Waals surface area contributed by atoms with Gasteiger partial charge in [-0.25, -0.2) is 4.39 Å². The van der Waals surface area contributed by atoms with E-state index in [0.29, 0.717) is 11.1 Å². The molecule has 0 saturated carbocycles. The number of halogens is 1. The fourth-order valence-electron chi connectivity index (χ4n) is 2.14. The highest BCUT2D eigenvalue weighted by molar-refractivity contribution is 7.90. The number of carboxylic acids is 1. The fourth-order valence-corrected chi connectivity index (χ4v) is 3.96. The minimum atomic E-state index is -2.09. The van der Waals surface area contributed by atoms with Gasteiger partial charge in [-0.15, -0.1) is 4.72 Å². The minimum absolute atomic E-state index is 0.00931. The number of benzene rings is 1. The van der Waals surface area contributed by atoms with E-state index in [1.54, 1.807) is 12.1 Å². The van der Waals surface area contributed by atoms with E-state index in [2.05, 4.69) is 38.6 Å². The molecule has 1 unspecified atom stereocenters. The Morgan fingerprint density at radius 2 is 1.86 bits per heavy atom. The smallest absolute Gasteiger partial charge is 0.307 e. The molecular formula is C20H34FNO4SSi. The van der Waals surface area contributed by atoms with Crippen LogP contribution in [0.3, 0.4) is 0 Å². The van der Waals surface area contributed by atoms with Crippen LogP contribution in [0.25, 0.3) is 0 Å². The number of hydrogen-bond acceptors (Lipinski definition) is 4. The lowest BCUT2D eigenvalue weighted by Gasteiger charge is -2.37. The van der Waals surface area contributed by atoms with E-state index in [1.807, 2.05) is 20.8 Å². The van der Waals surface area contributed by atoms with Gasteiger partial charge in [0.1, 0.15) is 16.6 Å². The summed E-state index contributed by atoms with van der Waals surface area (Å²) in [7, 11) is -2.09. The van der Waals surface area contributed by atoms with Crippen LogP contribution in [0.15, 0.2) is 18.2 Å². The highest BCUT2D eigenvalue weighted by atomic mass is 32.2. The van der Waals surface area contributed by atoms with E-state index in [1.165, 1.54) is 6.07 Å². The molecule has 0 amide bonds. The summed E-state index contributed by atoms with van der Waals surface area (Å²) in [5.41, 5.74) is 0.709. The quantitative estimate of drug-likeness (QED) is 0.465. The predicted molar refractivity (Wildman–Crippen MR) is 115 cm³/mol. The second kappa shape index (κ2) is 9.26. The number of carbonyl (C=O) groups is 1. The lowest BCUT2D eigenvalue weighted by molar-refractivity contribution is -0.136. The maximum atomic E-state index is 14.8. The maximum Gasteiger partial charge on any atom is 0.307 e. The van der Waals surface area contributed by atoms with Gasteiger partial charge in [-0.05, 0) is 50.5 Å². The molecule has 1 aromatic carbocycles. The Morgan fingerprint density at radius 3 is 2.29 bits per heavy atom. The molecule has 0 bridgehead atoms. The molecule has 0 aliphatic rings. The molecule has 1 rings (SSSR count). The van der Waals surface area contributed by atoms with Crippen molar-refractivity contribution in [2.75, 3.05) is 6.61 Å². The van der Waals surface area contributed by atoms with Crippen LogP contribution in [0.1, 0.15) is 58.7 Å². The summed E-state index contributed by atoms with van der Waals surface area (Å²) < 4.78 is 36.2. The standard InChI is InChI=1S/C20H34FNO4SSi/c1-19(2,3)27(25)22-17(13-26-28(7,8)20(4,5)6)15-10-9-14(11-16(15)21)12-18(23)24/h9-11,17,22H,12-13H2,1-8H3,(H,23,24)/t17-,27?/m1/s1. The van der Waals surface area contributed by atoms with E-state index in [9.17, 15) is 13.7 Å². The van der Waals surface area contributed by atoms with Gasteiger partial charge in [-0.2, -0.15) is 0 Å². The van der Waals surface area contributed by atoms with Crippen molar-refractivity contribution in [1.29, 1.82) is 0 Å². The molecule has 28 heavy (non-hydrogen) atoms. The van der Waals surface area contributed by atoms with Gasteiger partial charge in [0.05, 0.1) is 13.0 Å². The molecule has 0 aliphatic carbocycles. The SMILES string of the molecule is CC(C)(C)[S+]([O-])N[C@H](CO[Si](C)(C)C(C)(C)C)c1ccc(CC(=O)O)cc1F. The topological polar surface area (TPSA) is 81.6 Å². The average molecular weight is 432 g/mol. The van der Waals surface area contributed by atoms with Gasteiger partial charge in [0.2, 0.25) is 0 Å². The molecule has 2 N–H and O–H groups in total. The number of rotatable bonds is 8. The molecular weight excluding hydrogens is 397 g/mol. The second-order valence-corrected chi connectivity index (χ2v) is 16.4. The molecule has 0 aliphatic heterocycles. The largest absolute Gasteiger partial charge is 0.598 e. The molecule has 0 radical (unpaired) electrons. The van der Waals surface area contributed by atoms with Crippen molar-refractivity contribution in [3.63, 3.8) is 0 Å². The maximum absolute atomic E-state index is 14.8. The molecule has 0 aromatic heterocycles. The van der Waals surface area contributed by atoms with Crippen LogP contribution in [0.2, 0.25) is 18.1 Å². The average Bonchev–Trinajstić information content (AvgIpc) is 2.49. The molecule has 0 saturated heterocycles. The zero-order valence-corrected chi connectivity index (χ0v) is 20.0. The van der Waals surface area contributed by atoms with Crippen LogP contribution in [0.4, 0.5) is 4.39 Å². The Balaban J connectivity index is 3.15. The monoisotopic (exact) mass is 431 g/mol. The molecule has 0 spiro atoms. The van der Waals surface area contributed by atoms with Crippen molar-refractivity contribution in [2.45, 2.75) is 76.9 Å². The molecule has 0 heterocycles. The van der Waals surface area contributed by atoms with Crippen molar-refractivity contribution < 1.29 is 23.3 Å². The van der Waals surface area contributed by atoms with Crippen LogP contribution in [-0.2, 0) is 27.0 Å².